The number of aromatic nitrogens is 2. The molecule has 0 bridgehead atoms. The van der Waals surface area contributed by atoms with Crippen molar-refractivity contribution in [3.63, 3.8) is 0 Å². The Balaban J connectivity index is 1.78. The van der Waals surface area contributed by atoms with Crippen molar-refractivity contribution in [1.29, 1.82) is 0 Å². The molecule has 1 fully saturated rings. The molecule has 0 saturated carbocycles. The highest BCUT2D eigenvalue weighted by atomic mass is 19.1. The molecule has 0 spiro atoms. The molecule has 3 heterocycles. The first-order valence-corrected chi connectivity index (χ1v) is 8.84. The van der Waals surface area contributed by atoms with Crippen LogP contribution in [0.1, 0.15) is 35.5 Å². The third-order valence-corrected chi connectivity index (χ3v) is 4.64. The van der Waals surface area contributed by atoms with E-state index < -0.39 is 0 Å². The van der Waals surface area contributed by atoms with Crippen LogP contribution in [0, 0.1) is 12.7 Å². The number of amides is 1. The maximum atomic E-state index is 13.3. The number of piperidine rings is 1. The van der Waals surface area contributed by atoms with Crippen molar-refractivity contribution < 1.29 is 13.6 Å². The molecule has 0 unspecified atom stereocenters. The molecule has 0 radical (unpaired) electrons. The molecular formula is C20H20FN3O2. The summed E-state index contributed by atoms with van der Waals surface area (Å²) in [7, 11) is 0. The highest BCUT2D eigenvalue weighted by Crippen LogP contribution is 2.25. The Bertz CT molecular complexity index is 921. The summed E-state index contributed by atoms with van der Waals surface area (Å²) in [6, 6.07) is 11.4. The number of carbonyl (C=O) groups excluding carboxylic acids is 1. The number of benzene rings is 1. The number of carbonyl (C=O) groups is 1. The molecule has 3 aromatic rings. The summed E-state index contributed by atoms with van der Waals surface area (Å²) in [5, 5.41) is 4.56. The first-order chi connectivity index (χ1) is 12.6. The van der Waals surface area contributed by atoms with Crippen LogP contribution in [0.15, 0.2) is 46.9 Å². The van der Waals surface area contributed by atoms with E-state index in [1.165, 1.54) is 12.1 Å². The molecular weight excluding hydrogens is 333 g/mol. The average molecular weight is 353 g/mol. The van der Waals surface area contributed by atoms with Crippen LogP contribution in [0.4, 0.5) is 4.39 Å². The van der Waals surface area contributed by atoms with E-state index in [0.717, 1.165) is 38.1 Å². The van der Waals surface area contributed by atoms with Gasteiger partial charge in [-0.05, 0) is 62.6 Å². The number of furan rings is 1. The summed E-state index contributed by atoms with van der Waals surface area (Å²) in [6.45, 7) is 3.37. The van der Waals surface area contributed by atoms with Crippen LogP contribution in [0.3, 0.4) is 0 Å². The van der Waals surface area contributed by atoms with Gasteiger partial charge in [-0.2, -0.15) is 5.10 Å². The highest BCUT2D eigenvalue weighted by molar-refractivity contribution is 5.94. The molecule has 1 saturated heterocycles. The zero-order chi connectivity index (χ0) is 18.1. The van der Waals surface area contributed by atoms with Gasteiger partial charge in [0.25, 0.3) is 5.91 Å². The third kappa shape index (κ3) is 3.14. The van der Waals surface area contributed by atoms with Gasteiger partial charge in [0.2, 0.25) is 0 Å². The summed E-state index contributed by atoms with van der Waals surface area (Å²) in [4.78, 5) is 14.9. The second-order valence-electron chi connectivity index (χ2n) is 6.57. The summed E-state index contributed by atoms with van der Waals surface area (Å²) in [6.07, 6.45) is 3.18. The summed E-state index contributed by atoms with van der Waals surface area (Å²) in [5.41, 5.74) is 1.69. The predicted octanol–water partition coefficient (Wildman–Crippen LogP) is 4.21. The van der Waals surface area contributed by atoms with E-state index in [4.69, 9.17) is 4.42 Å². The van der Waals surface area contributed by atoms with Crippen molar-refractivity contribution in [2.45, 2.75) is 26.2 Å². The van der Waals surface area contributed by atoms with Crippen molar-refractivity contribution in [2.75, 3.05) is 13.1 Å². The van der Waals surface area contributed by atoms with Gasteiger partial charge in [0.05, 0.1) is 5.69 Å². The van der Waals surface area contributed by atoms with Crippen LogP contribution >= 0.6 is 0 Å². The Morgan fingerprint density at radius 2 is 1.81 bits per heavy atom. The quantitative estimate of drug-likeness (QED) is 0.709. The Labute approximate surface area is 151 Å². The summed E-state index contributed by atoms with van der Waals surface area (Å²) >= 11 is 0. The van der Waals surface area contributed by atoms with E-state index in [9.17, 15) is 9.18 Å². The number of aryl methyl sites for hydroxylation is 1. The van der Waals surface area contributed by atoms with Gasteiger partial charge in [-0.25, -0.2) is 9.07 Å². The van der Waals surface area contributed by atoms with Gasteiger partial charge >= 0.3 is 0 Å². The van der Waals surface area contributed by atoms with E-state index >= 15 is 0 Å². The molecule has 4 rings (SSSR count). The Kier molecular flexibility index (Phi) is 4.32. The molecule has 1 amide bonds. The number of halogens is 1. The zero-order valence-electron chi connectivity index (χ0n) is 14.6. The number of nitrogens with zero attached hydrogens (tertiary/aromatic N) is 3. The lowest BCUT2D eigenvalue weighted by Gasteiger charge is -2.26. The van der Waals surface area contributed by atoms with Crippen LogP contribution < -0.4 is 0 Å². The van der Waals surface area contributed by atoms with E-state index in [-0.39, 0.29) is 11.7 Å². The van der Waals surface area contributed by atoms with Crippen LogP contribution in [-0.2, 0) is 0 Å². The predicted molar refractivity (Wildman–Crippen MR) is 95.7 cm³/mol. The average Bonchev–Trinajstić information content (AvgIpc) is 3.29. The van der Waals surface area contributed by atoms with E-state index in [1.54, 1.807) is 22.9 Å². The molecule has 6 heteroatoms. The fourth-order valence-corrected chi connectivity index (χ4v) is 3.26. The Morgan fingerprint density at radius 1 is 1.08 bits per heavy atom. The largest absolute Gasteiger partial charge is 0.460 e. The number of hydrogen-bond acceptors (Lipinski definition) is 3. The van der Waals surface area contributed by atoms with Crippen molar-refractivity contribution in [2.24, 2.45) is 0 Å². The molecule has 2 aromatic heterocycles. The van der Waals surface area contributed by atoms with Crippen molar-refractivity contribution in [3.8, 4) is 17.1 Å². The SMILES string of the molecule is Cc1ccc(-c2cc(C(=O)N3CCCCC3)n(-c3ccc(F)cc3)n2)o1. The van der Waals surface area contributed by atoms with Gasteiger partial charge in [0, 0.05) is 19.2 Å². The lowest BCUT2D eigenvalue weighted by Crippen LogP contribution is -2.36. The van der Waals surface area contributed by atoms with Gasteiger partial charge in [-0.15, -0.1) is 0 Å². The normalized spacial score (nSPS) is 14.6. The van der Waals surface area contributed by atoms with Crippen LogP contribution in [0.2, 0.25) is 0 Å². The third-order valence-electron chi connectivity index (χ3n) is 4.64. The van der Waals surface area contributed by atoms with Gasteiger partial charge in [-0.3, -0.25) is 4.79 Å². The summed E-state index contributed by atoms with van der Waals surface area (Å²) < 4.78 is 20.5. The van der Waals surface area contributed by atoms with Crippen molar-refractivity contribution in [1.82, 2.24) is 14.7 Å². The topological polar surface area (TPSA) is 51.3 Å². The molecule has 0 N–H and O–H groups in total. The fourth-order valence-electron chi connectivity index (χ4n) is 3.26. The first-order valence-electron chi connectivity index (χ1n) is 8.84. The van der Waals surface area contributed by atoms with Gasteiger partial charge in [0.1, 0.15) is 23.0 Å². The molecule has 134 valence electrons. The van der Waals surface area contributed by atoms with Crippen molar-refractivity contribution in [3.05, 3.63) is 59.7 Å². The molecule has 1 aliphatic rings. The van der Waals surface area contributed by atoms with Gasteiger partial charge in [-0.1, -0.05) is 0 Å². The standard InChI is InChI=1S/C20H20FN3O2/c1-14-5-10-19(26-14)17-13-18(20(25)23-11-3-2-4-12-23)24(22-17)16-8-6-15(21)7-9-16/h5-10,13H,2-4,11-12H2,1H3. The van der Waals surface area contributed by atoms with Gasteiger partial charge in [0.15, 0.2) is 5.76 Å². The molecule has 26 heavy (non-hydrogen) atoms. The second kappa shape index (κ2) is 6.78. The fraction of sp³-hybridized carbons (Fsp3) is 0.300. The molecule has 1 aromatic carbocycles. The van der Waals surface area contributed by atoms with Crippen LogP contribution in [0.25, 0.3) is 17.1 Å². The minimum absolute atomic E-state index is 0.0592. The lowest BCUT2D eigenvalue weighted by molar-refractivity contribution is 0.0715. The van der Waals surface area contributed by atoms with E-state index in [1.807, 2.05) is 24.0 Å². The maximum absolute atomic E-state index is 13.3. The van der Waals surface area contributed by atoms with Gasteiger partial charge < -0.3 is 9.32 Å². The molecule has 5 nitrogen and oxygen atoms in total. The van der Waals surface area contributed by atoms with Crippen LogP contribution in [0.5, 0.6) is 0 Å². The molecule has 0 atom stereocenters. The number of rotatable bonds is 3. The second-order valence-corrected chi connectivity index (χ2v) is 6.57. The smallest absolute Gasteiger partial charge is 0.272 e. The van der Waals surface area contributed by atoms with E-state index in [2.05, 4.69) is 5.10 Å². The first kappa shape index (κ1) is 16.6. The Morgan fingerprint density at radius 3 is 2.46 bits per heavy atom. The number of hydrogen-bond donors (Lipinski definition) is 0. The monoisotopic (exact) mass is 353 g/mol. The van der Waals surface area contributed by atoms with Crippen molar-refractivity contribution >= 4 is 5.91 Å². The Hall–Kier alpha value is -2.89. The lowest BCUT2D eigenvalue weighted by atomic mass is 10.1. The molecule has 0 aliphatic carbocycles. The number of likely N-dealkylation sites (tertiary alicyclic amines) is 1. The zero-order valence-corrected chi connectivity index (χ0v) is 14.6. The van der Waals surface area contributed by atoms with E-state index in [0.29, 0.717) is 22.8 Å². The minimum Gasteiger partial charge on any atom is -0.460 e. The summed E-state index contributed by atoms with van der Waals surface area (Å²) in [5.74, 6) is 0.999. The highest BCUT2D eigenvalue weighted by Gasteiger charge is 2.24. The maximum Gasteiger partial charge on any atom is 0.272 e. The molecule has 1 aliphatic heterocycles. The minimum atomic E-state index is -0.327. The van der Waals surface area contributed by atoms with Crippen LogP contribution in [-0.4, -0.2) is 33.7 Å².